The van der Waals surface area contributed by atoms with Gasteiger partial charge in [-0.1, -0.05) is 59.5 Å². The van der Waals surface area contributed by atoms with Crippen molar-refractivity contribution in [3.05, 3.63) is 52.9 Å². The van der Waals surface area contributed by atoms with Crippen LogP contribution >= 0.6 is 15.9 Å². The van der Waals surface area contributed by atoms with Gasteiger partial charge >= 0.3 is 6.09 Å². The number of nitrogens with one attached hydrogen (secondary N) is 2. The van der Waals surface area contributed by atoms with Gasteiger partial charge in [-0.15, -0.1) is 0 Å². The number of H-pyrrole nitrogens is 1. The Hall–Kier alpha value is -2.61. The molecule has 1 aromatic heterocycles. The molecule has 31 heavy (non-hydrogen) atoms. The third-order valence-corrected chi connectivity index (χ3v) is 6.63. The number of halogens is 1. The Morgan fingerprint density at radius 2 is 1.97 bits per heavy atom. The second kappa shape index (κ2) is 9.68. The van der Waals surface area contributed by atoms with Crippen LogP contribution in [0, 0.1) is 5.92 Å². The first-order valence-electron chi connectivity index (χ1n) is 10.7. The van der Waals surface area contributed by atoms with Crippen molar-refractivity contribution in [3.8, 4) is 11.3 Å². The lowest BCUT2D eigenvalue weighted by Crippen LogP contribution is -2.52. The largest absolute Gasteiger partial charge is 0.453 e. The van der Waals surface area contributed by atoms with E-state index >= 15 is 0 Å². The summed E-state index contributed by atoms with van der Waals surface area (Å²) < 4.78 is 5.81. The number of aromatic amines is 1. The summed E-state index contributed by atoms with van der Waals surface area (Å²) in [5, 5.41) is 2.81. The molecule has 0 spiro atoms. The Labute approximate surface area is 190 Å². The number of carbonyl (C=O) groups is 2. The number of carbonyl (C=O) groups excluding carboxylic acids is 2. The Bertz CT molecular complexity index is 950. The highest BCUT2D eigenvalue weighted by Gasteiger charge is 2.38. The number of imidazole rings is 1. The van der Waals surface area contributed by atoms with Crippen LogP contribution in [0.4, 0.5) is 4.79 Å². The maximum atomic E-state index is 13.6. The average Bonchev–Trinajstić information content (AvgIpc) is 3.47. The molecule has 2 N–H and O–H groups in total. The van der Waals surface area contributed by atoms with E-state index in [9.17, 15) is 9.59 Å². The fourth-order valence-corrected chi connectivity index (χ4v) is 4.72. The maximum Gasteiger partial charge on any atom is 0.407 e. The molecular formula is C23H27BrN4O3. The van der Waals surface area contributed by atoms with E-state index in [1.165, 1.54) is 13.5 Å². The van der Waals surface area contributed by atoms with Gasteiger partial charge in [-0.25, -0.2) is 9.78 Å². The van der Waals surface area contributed by atoms with Crippen LogP contribution < -0.4 is 5.32 Å². The van der Waals surface area contributed by atoms with Crippen LogP contribution in [0.15, 0.2) is 47.1 Å². The topological polar surface area (TPSA) is 87.3 Å². The number of amides is 2. The zero-order chi connectivity index (χ0) is 21.8. The molecule has 0 saturated heterocycles. The van der Waals surface area contributed by atoms with E-state index in [1.54, 1.807) is 4.90 Å². The first-order chi connectivity index (χ1) is 15.1. The molecule has 1 saturated carbocycles. The molecule has 0 bridgehead atoms. The summed E-state index contributed by atoms with van der Waals surface area (Å²) in [5.74, 6) is 0.742. The Morgan fingerprint density at radius 3 is 2.68 bits per heavy atom. The maximum absolute atomic E-state index is 13.6. The molecule has 2 heterocycles. The number of ether oxygens (including phenoxy) is 1. The van der Waals surface area contributed by atoms with Crippen molar-refractivity contribution in [2.75, 3.05) is 13.7 Å². The normalized spacial score (nSPS) is 19.9. The van der Waals surface area contributed by atoms with Crippen molar-refractivity contribution in [2.45, 2.75) is 44.2 Å². The van der Waals surface area contributed by atoms with Gasteiger partial charge in [0.15, 0.2) is 0 Å². The Kier molecular flexibility index (Phi) is 6.75. The van der Waals surface area contributed by atoms with Crippen LogP contribution in [0.5, 0.6) is 0 Å². The summed E-state index contributed by atoms with van der Waals surface area (Å²) in [6.45, 7) is 0.490. The summed E-state index contributed by atoms with van der Waals surface area (Å²) in [7, 11) is 1.32. The zero-order valence-corrected chi connectivity index (χ0v) is 19.1. The summed E-state index contributed by atoms with van der Waals surface area (Å²) in [6, 6.07) is 7.07. The van der Waals surface area contributed by atoms with Gasteiger partial charge < -0.3 is 19.9 Å². The van der Waals surface area contributed by atoms with Crippen molar-refractivity contribution in [1.29, 1.82) is 0 Å². The number of hydrogen-bond donors (Lipinski definition) is 2. The summed E-state index contributed by atoms with van der Waals surface area (Å²) in [5.41, 5.74) is 1.82. The summed E-state index contributed by atoms with van der Waals surface area (Å²) in [4.78, 5) is 35.3. The van der Waals surface area contributed by atoms with Gasteiger partial charge in [0.1, 0.15) is 17.9 Å². The van der Waals surface area contributed by atoms with Gasteiger partial charge in [-0.3, -0.25) is 4.79 Å². The van der Waals surface area contributed by atoms with Gasteiger partial charge in [0.2, 0.25) is 5.91 Å². The summed E-state index contributed by atoms with van der Waals surface area (Å²) in [6.07, 6.45) is 10.4. The number of benzene rings is 1. The molecule has 164 valence electrons. The lowest BCUT2D eigenvalue weighted by Gasteiger charge is -2.34. The van der Waals surface area contributed by atoms with Crippen molar-refractivity contribution in [2.24, 2.45) is 5.92 Å². The molecule has 1 aliphatic heterocycles. The highest BCUT2D eigenvalue weighted by Crippen LogP contribution is 2.32. The molecule has 8 heteroatoms. The Balaban J connectivity index is 1.54. The van der Waals surface area contributed by atoms with E-state index in [-0.39, 0.29) is 17.9 Å². The van der Waals surface area contributed by atoms with E-state index < -0.39 is 12.1 Å². The molecule has 4 rings (SSSR count). The van der Waals surface area contributed by atoms with Crippen molar-refractivity contribution in [3.63, 3.8) is 0 Å². The van der Waals surface area contributed by atoms with Crippen LogP contribution in [0.1, 0.15) is 44.0 Å². The lowest BCUT2D eigenvalue weighted by molar-refractivity contribution is -0.135. The highest BCUT2D eigenvalue weighted by molar-refractivity contribution is 9.10. The van der Waals surface area contributed by atoms with Gasteiger partial charge in [-0.2, -0.15) is 0 Å². The van der Waals surface area contributed by atoms with Crippen LogP contribution in [0.3, 0.4) is 0 Å². The molecule has 7 nitrogen and oxygen atoms in total. The SMILES string of the molecule is COC(=O)N[C@H](C(=O)N1CC=C[C@H]1c1nc(-c2ccc(Br)cc2)c[nH]1)C1CCCCC1. The first-order valence-corrected chi connectivity index (χ1v) is 11.5. The van der Waals surface area contributed by atoms with Crippen molar-refractivity contribution >= 4 is 27.9 Å². The van der Waals surface area contributed by atoms with E-state index in [4.69, 9.17) is 9.72 Å². The van der Waals surface area contributed by atoms with Gasteiger partial charge in [0.05, 0.1) is 12.8 Å². The zero-order valence-electron chi connectivity index (χ0n) is 17.5. The number of nitrogens with zero attached hydrogens (tertiary/aromatic N) is 2. The quantitative estimate of drug-likeness (QED) is 0.605. The van der Waals surface area contributed by atoms with E-state index in [0.29, 0.717) is 12.4 Å². The minimum absolute atomic E-state index is 0.0890. The number of aromatic nitrogens is 2. The molecule has 2 atom stereocenters. The minimum Gasteiger partial charge on any atom is -0.453 e. The minimum atomic E-state index is -0.587. The lowest BCUT2D eigenvalue weighted by atomic mass is 9.83. The third kappa shape index (κ3) is 4.84. The molecule has 1 fully saturated rings. The fourth-order valence-electron chi connectivity index (χ4n) is 4.46. The molecule has 0 radical (unpaired) electrons. The molecule has 2 aromatic rings. The predicted octanol–water partition coefficient (Wildman–Crippen LogP) is 4.58. The highest BCUT2D eigenvalue weighted by atomic mass is 79.9. The number of alkyl carbamates (subject to hydrolysis) is 1. The second-order valence-electron chi connectivity index (χ2n) is 8.05. The molecule has 2 aliphatic rings. The van der Waals surface area contributed by atoms with E-state index in [1.807, 2.05) is 42.6 Å². The molecule has 1 aromatic carbocycles. The predicted molar refractivity (Wildman–Crippen MR) is 121 cm³/mol. The van der Waals surface area contributed by atoms with Crippen molar-refractivity contribution in [1.82, 2.24) is 20.2 Å². The molecule has 1 aliphatic carbocycles. The van der Waals surface area contributed by atoms with Gasteiger partial charge in [0.25, 0.3) is 0 Å². The Morgan fingerprint density at radius 1 is 1.23 bits per heavy atom. The first kappa shape index (κ1) is 21.6. The monoisotopic (exact) mass is 486 g/mol. The van der Waals surface area contributed by atoms with Gasteiger partial charge in [0, 0.05) is 22.8 Å². The molecule has 2 amide bonds. The van der Waals surface area contributed by atoms with Crippen LogP contribution in [0.25, 0.3) is 11.3 Å². The fraction of sp³-hybridized carbons (Fsp3) is 0.435. The average molecular weight is 487 g/mol. The smallest absolute Gasteiger partial charge is 0.407 e. The van der Waals surface area contributed by atoms with Crippen LogP contribution in [-0.2, 0) is 9.53 Å². The van der Waals surface area contributed by atoms with Crippen LogP contribution in [0.2, 0.25) is 0 Å². The van der Waals surface area contributed by atoms with E-state index in [0.717, 1.165) is 41.4 Å². The standard InChI is InChI=1S/C23H27BrN4O3/c1-31-23(30)27-20(16-6-3-2-4-7-16)22(29)28-13-5-8-19(28)21-25-14-18(26-21)15-9-11-17(24)12-10-15/h5,8-12,14,16,19-20H,2-4,6-7,13H2,1H3,(H,25,26)(H,27,30)/t19-,20-/m0/s1. The molecule has 0 unspecified atom stereocenters. The number of hydrogen-bond acceptors (Lipinski definition) is 4. The number of methoxy groups -OCH3 is 1. The van der Waals surface area contributed by atoms with E-state index in [2.05, 4.69) is 26.2 Å². The summed E-state index contributed by atoms with van der Waals surface area (Å²) >= 11 is 3.45. The number of rotatable bonds is 5. The second-order valence-corrected chi connectivity index (χ2v) is 8.97. The molecular weight excluding hydrogens is 460 g/mol. The van der Waals surface area contributed by atoms with Crippen molar-refractivity contribution < 1.29 is 14.3 Å². The third-order valence-electron chi connectivity index (χ3n) is 6.10. The van der Waals surface area contributed by atoms with Crippen LogP contribution in [-0.4, -0.2) is 46.6 Å². The van der Waals surface area contributed by atoms with Gasteiger partial charge in [-0.05, 0) is 30.9 Å².